The Morgan fingerprint density at radius 2 is 2.15 bits per heavy atom. The number of amides is 1. The summed E-state index contributed by atoms with van der Waals surface area (Å²) in [6.45, 7) is 3.48. The van der Waals surface area contributed by atoms with Gasteiger partial charge in [-0.25, -0.2) is 9.97 Å². The van der Waals surface area contributed by atoms with Gasteiger partial charge in [0.25, 0.3) is 11.8 Å². The molecule has 7 heteroatoms. The summed E-state index contributed by atoms with van der Waals surface area (Å²) in [7, 11) is 0. The lowest BCUT2D eigenvalue weighted by Gasteiger charge is -2.33. The molecule has 1 saturated heterocycles. The van der Waals surface area contributed by atoms with Gasteiger partial charge in [0.2, 0.25) is 5.69 Å². The highest BCUT2D eigenvalue weighted by Gasteiger charge is 2.28. The maximum Gasteiger partial charge on any atom is 0.257 e. The van der Waals surface area contributed by atoms with Gasteiger partial charge in [0.15, 0.2) is 0 Å². The van der Waals surface area contributed by atoms with E-state index in [0.29, 0.717) is 31.0 Å². The fraction of sp³-hybridized carbons (Fsp3) is 0.368. The Kier molecular flexibility index (Phi) is 5.64. The Bertz CT molecular complexity index is 818. The number of hydrogen-bond donors (Lipinski definition) is 0. The topological polar surface area (TPSA) is 88.3 Å². The molecule has 3 rings (SSSR count). The highest BCUT2D eigenvalue weighted by atomic mass is 16.5. The number of nitrogens with zero attached hydrogens (tertiary/aromatic N) is 4. The van der Waals surface area contributed by atoms with E-state index in [-0.39, 0.29) is 23.6 Å². The zero-order valence-corrected chi connectivity index (χ0v) is 14.6. The van der Waals surface area contributed by atoms with Crippen LogP contribution in [0.3, 0.4) is 0 Å². The lowest BCUT2D eigenvalue weighted by atomic mass is 10.1. The first-order valence-corrected chi connectivity index (χ1v) is 8.61. The number of nitriles is 1. The first-order valence-electron chi connectivity index (χ1n) is 8.61. The normalized spacial score (nSPS) is 16.6. The molecule has 1 fully saturated rings. The fourth-order valence-electron chi connectivity index (χ4n) is 2.96. The summed E-state index contributed by atoms with van der Waals surface area (Å²) in [5, 5.41) is 9.11. The summed E-state index contributed by atoms with van der Waals surface area (Å²) in [6.07, 6.45) is 4.32. The van der Waals surface area contributed by atoms with E-state index in [1.807, 2.05) is 25.1 Å². The van der Waals surface area contributed by atoms with Crippen LogP contribution < -0.4 is 9.47 Å². The van der Waals surface area contributed by atoms with Crippen LogP contribution in [-0.4, -0.2) is 46.6 Å². The van der Waals surface area contributed by atoms with E-state index < -0.39 is 0 Å². The smallest absolute Gasteiger partial charge is 0.257 e. The highest BCUT2D eigenvalue weighted by molar-refractivity contribution is 5.97. The van der Waals surface area contributed by atoms with Gasteiger partial charge in [0, 0.05) is 18.9 Å². The van der Waals surface area contributed by atoms with Crippen molar-refractivity contribution >= 4 is 5.91 Å². The molecule has 26 heavy (non-hydrogen) atoms. The molecular weight excluding hydrogens is 332 g/mol. The van der Waals surface area contributed by atoms with E-state index >= 15 is 0 Å². The summed E-state index contributed by atoms with van der Waals surface area (Å²) in [4.78, 5) is 22.7. The Balaban J connectivity index is 1.72. The van der Waals surface area contributed by atoms with Crippen LogP contribution >= 0.6 is 0 Å². The monoisotopic (exact) mass is 352 g/mol. The van der Waals surface area contributed by atoms with Crippen molar-refractivity contribution in [1.29, 1.82) is 5.26 Å². The van der Waals surface area contributed by atoms with E-state index in [2.05, 4.69) is 9.97 Å². The number of hydrogen-bond acceptors (Lipinski definition) is 6. The quantitative estimate of drug-likeness (QED) is 0.821. The third-order valence-corrected chi connectivity index (χ3v) is 4.13. The van der Waals surface area contributed by atoms with Crippen LogP contribution in [0.2, 0.25) is 0 Å². The molecule has 1 aromatic carbocycles. The first-order chi connectivity index (χ1) is 12.7. The van der Waals surface area contributed by atoms with Crippen molar-refractivity contribution in [3.8, 4) is 17.7 Å². The molecule has 1 unspecified atom stereocenters. The van der Waals surface area contributed by atoms with Crippen LogP contribution in [0.4, 0.5) is 0 Å². The minimum Gasteiger partial charge on any atom is -0.493 e. The van der Waals surface area contributed by atoms with Crippen molar-refractivity contribution in [2.75, 3.05) is 19.7 Å². The molecule has 0 aliphatic carbocycles. The fourth-order valence-corrected chi connectivity index (χ4v) is 2.96. The van der Waals surface area contributed by atoms with Gasteiger partial charge in [-0.15, -0.1) is 0 Å². The van der Waals surface area contributed by atoms with E-state index in [0.717, 1.165) is 12.8 Å². The second-order valence-corrected chi connectivity index (χ2v) is 5.88. The third-order valence-electron chi connectivity index (χ3n) is 4.13. The average Bonchev–Trinajstić information content (AvgIpc) is 2.69. The zero-order valence-electron chi connectivity index (χ0n) is 14.6. The average molecular weight is 352 g/mol. The van der Waals surface area contributed by atoms with Crippen molar-refractivity contribution in [3.63, 3.8) is 0 Å². The van der Waals surface area contributed by atoms with E-state index in [1.54, 1.807) is 17.0 Å². The van der Waals surface area contributed by atoms with Crippen LogP contribution in [0.1, 0.15) is 35.8 Å². The minimum atomic E-state index is -0.226. The summed E-state index contributed by atoms with van der Waals surface area (Å²) in [5.74, 6) is 0.717. The number of para-hydroxylation sites is 1. The van der Waals surface area contributed by atoms with Crippen LogP contribution in [0.25, 0.3) is 0 Å². The summed E-state index contributed by atoms with van der Waals surface area (Å²) >= 11 is 0. The van der Waals surface area contributed by atoms with Crippen LogP contribution in [0.15, 0.2) is 36.7 Å². The number of carbonyl (C=O) groups is 1. The molecule has 0 spiro atoms. The summed E-state index contributed by atoms with van der Waals surface area (Å²) in [6, 6.07) is 9.22. The molecule has 1 aliphatic rings. The number of likely N-dealkylation sites (tertiary alicyclic amines) is 1. The molecular formula is C19H20N4O3. The molecule has 1 atom stereocenters. The van der Waals surface area contributed by atoms with Gasteiger partial charge < -0.3 is 14.4 Å². The maximum atomic E-state index is 12.9. The van der Waals surface area contributed by atoms with E-state index in [9.17, 15) is 4.79 Å². The lowest BCUT2D eigenvalue weighted by Crippen LogP contribution is -2.44. The maximum absolute atomic E-state index is 12.9. The van der Waals surface area contributed by atoms with Crippen LogP contribution in [0.5, 0.6) is 11.6 Å². The Morgan fingerprint density at radius 3 is 2.96 bits per heavy atom. The molecule has 1 amide bonds. The van der Waals surface area contributed by atoms with E-state index in [4.69, 9.17) is 14.7 Å². The minimum absolute atomic E-state index is 0.0815. The second-order valence-electron chi connectivity index (χ2n) is 5.88. The van der Waals surface area contributed by atoms with E-state index in [1.165, 1.54) is 12.4 Å². The molecule has 0 saturated carbocycles. The zero-order chi connectivity index (χ0) is 18.4. The van der Waals surface area contributed by atoms with Crippen molar-refractivity contribution in [2.45, 2.75) is 25.9 Å². The van der Waals surface area contributed by atoms with Crippen molar-refractivity contribution in [3.05, 3.63) is 47.9 Å². The molecule has 1 aliphatic heterocycles. The Labute approximate surface area is 152 Å². The number of carbonyl (C=O) groups excluding carboxylic acids is 1. The molecule has 0 N–H and O–H groups in total. The number of piperidine rings is 1. The highest BCUT2D eigenvalue weighted by Crippen LogP contribution is 2.24. The van der Waals surface area contributed by atoms with Crippen LogP contribution in [0, 0.1) is 11.3 Å². The van der Waals surface area contributed by atoms with Crippen LogP contribution in [-0.2, 0) is 0 Å². The Hall–Kier alpha value is -3.14. The molecule has 0 bridgehead atoms. The predicted octanol–water partition coefficient (Wildman–Crippen LogP) is 2.43. The third kappa shape index (κ3) is 3.91. The van der Waals surface area contributed by atoms with Gasteiger partial charge >= 0.3 is 0 Å². The van der Waals surface area contributed by atoms with Gasteiger partial charge in [-0.3, -0.25) is 4.79 Å². The first kappa shape index (κ1) is 17.7. The molecule has 134 valence electrons. The SMILES string of the molecule is CCOc1ccccc1C(=O)N1CCCC(Oc2nccnc2C#N)C1. The largest absolute Gasteiger partial charge is 0.493 e. The van der Waals surface area contributed by atoms with Gasteiger partial charge in [-0.2, -0.15) is 5.26 Å². The summed E-state index contributed by atoms with van der Waals surface area (Å²) in [5.41, 5.74) is 0.699. The summed E-state index contributed by atoms with van der Waals surface area (Å²) < 4.78 is 11.4. The van der Waals surface area contributed by atoms with Crippen molar-refractivity contribution < 1.29 is 14.3 Å². The van der Waals surface area contributed by atoms with Gasteiger partial charge in [-0.05, 0) is 31.9 Å². The number of benzene rings is 1. The lowest BCUT2D eigenvalue weighted by molar-refractivity contribution is 0.0522. The molecule has 7 nitrogen and oxygen atoms in total. The molecule has 1 aromatic heterocycles. The Morgan fingerprint density at radius 1 is 1.35 bits per heavy atom. The molecule has 2 aromatic rings. The second kappa shape index (κ2) is 8.30. The molecule has 2 heterocycles. The number of ether oxygens (including phenoxy) is 2. The van der Waals surface area contributed by atoms with Crippen molar-refractivity contribution in [1.82, 2.24) is 14.9 Å². The molecule has 0 radical (unpaired) electrons. The van der Waals surface area contributed by atoms with Gasteiger partial charge in [0.1, 0.15) is 17.9 Å². The predicted molar refractivity (Wildman–Crippen MR) is 93.9 cm³/mol. The van der Waals surface area contributed by atoms with Gasteiger partial charge in [0.05, 0.1) is 18.7 Å². The standard InChI is InChI=1S/C19H20N4O3/c1-2-25-17-8-4-3-7-15(17)19(24)23-11-5-6-14(13-23)26-18-16(12-20)21-9-10-22-18/h3-4,7-10,14H,2,5-6,11,13H2,1H3. The van der Waals surface area contributed by atoms with Gasteiger partial charge in [-0.1, -0.05) is 12.1 Å². The number of aromatic nitrogens is 2. The number of rotatable bonds is 5. The van der Waals surface area contributed by atoms with Crippen molar-refractivity contribution in [2.24, 2.45) is 0 Å².